The summed E-state index contributed by atoms with van der Waals surface area (Å²) in [5, 5.41) is 0.511. The minimum Gasteiger partial charge on any atom is -0.327 e. The van der Waals surface area contributed by atoms with E-state index in [-0.39, 0.29) is 17.2 Å². The fourth-order valence-electron chi connectivity index (χ4n) is 3.81. The maximum absolute atomic E-state index is 12.6. The van der Waals surface area contributed by atoms with Gasteiger partial charge in [-0.2, -0.15) is 0 Å². The van der Waals surface area contributed by atoms with Gasteiger partial charge in [-0.1, -0.05) is 18.2 Å². The van der Waals surface area contributed by atoms with Gasteiger partial charge in [-0.25, -0.2) is 4.98 Å². The van der Waals surface area contributed by atoms with Gasteiger partial charge in [-0.3, -0.25) is 14.4 Å². The van der Waals surface area contributed by atoms with Crippen molar-refractivity contribution in [2.24, 2.45) is 0 Å². The van der Waals surface area contributed by atoms with Crippen LogP contribution >= 0.6 is 11.3 Å². The molecule has 0 unspecified atom stereocenters. The predicted octanol–water partition coefficient (Wildman–Crippen LogP) is 1.04. The number of hydrogen-bond acceptors (Lipinski definition) is 5. The number of quaternary nitrogens is 1. The van der Waals surface area contributed by atoms with Crippen LogP contribution in [0.1, 0.15) is 38.3 Å². The quantitative estimate of drug-likeness (QED) is 0.628. The van der Waals surface area contributed by atoms with Gasteiger partial charge in [0.15, 0.2) is 11.6 Å². The molecule has 7 nitrogen and oxygen atoms in total. The van der Waals surface area contributed by atoms with E-state index < -0.39 is 0 Å². The predicted molar refractivity (Wildman–Crippen MR) is 112 cm³/mol. The molecule has 29 heavy (non-hydrogen) atoms. The second-order valence-corrected chi connectivity index (χ2v) is 8.39. The number of nitrogens with zero attached hydrogens (tertiary/aromatic N) is 2. The molecule has 1 saturated heterocycles. The normalized spacial score (nSPS) is 15.0. The van der Waals surface area contributed by atoms with Crippen LogP contribution in [0.4, 0.5) is 0 Å². The number of aryl methyl sites for hydroxylation is 1. The summed E-state index contributed by atoms with van der Waals surface area (Å²) in [6.45, 7) is 6.81. The van der Waals surface area contributed by atoms with Crippen LogP contribution in [0.15, 0.2) is 35.1 Å². The van der Waals surface area contributed by atoms with E-state index in [9.17, 15) is 14.4 Å². The van der Waals surface area contributed by atoms with Gasteiger partial charge < -0.3 is 14.8 Å². The largest absolute Gasteiger partial charge is 0.327 e. The number of aromatic amines is 1. The summed E-state index contributed by atoms with van der Waals surface area (Å²) in [5.74, 6) is 0.636. The summed E-state index contributed by atoms with van der Waals surface area (Å²) >= 11 is 1.28. The van der Waals surface area contributed by atoms with E-state index in [1.807, 2.05) is 35.2 Å². The van der Waals surface area contributed by atoms with Gasteiger partial charge in [0.25, 0.3) is 11.5 Å². The maximum atomic E-state index is 12.6. The van der Waals surface area contributed by atoms with Crippen LogP contribution in [0.3, 0.4) is 0 Å². The number of aromatic nitrogens is 2. The second-order valence-electron chi connectivity index (χ2n) is 7.39. The van der Waals surface area contributed by atoms with Crippen LogP contribution in [-0.2, 0) is 6.54 Å². The lowest BCUT2D eigenvalue weighted by atomic mass is 10.2. The number of carbonyl (C=O) groups excluding carboxylic acids is 2. The monoisotopic (exact) mass is 411 g/mol. The number of nitrogens with one attached hydrogen (secondary N) is 2. The van der Waals surface area contributed by atoms with E-state index >= 15 is 0 Å². The van der Waals surface area contributed by atoms with Crippen LogP contribution in [0.5, 0.6) is 0 Å². The van der Waals surface area contributed by atoms with Gasteiger partial charge in [-0.15, -0.1) is 11.3 Å². The summed E-state index contributed by atoms with van der Waals surface area (Å²) in [6, 6.07) is 9.32. The lowest BCUT2D eigenvalue weighted by molar-refractivity contribution is -0.918. The average Bonchev–Trinajstić information content (AvgIpc) is 3.06. The van der Waals surface area contributed by atoms with Crippen molar-refractivity contribution in [1.82, 2.24) is 14.9 Å². The molecule has 3 heterocycles. The van der Waals surface area contributed by atoms with Gasteiger partial charge in [-0.05, 0) is 31.5 Å². The Labute approximate surface area is 172 Å². The number of H-pyrrole nitrogens is 1. The molecule has 2 aromatic heterocycles. The molecule has 150 valence electrons. The first-order valence-corrected chi connectivity index (χ1v) is 10.5. The van der Waals surface area contributed by atoms with Gasteiger partial charge in [0.2, 0.25) is 0 Å². The van der Waals surface area contributed by atoms with Gasteiger partial charge >= 0.3 is 0 Å². The molecule has 0 radical (unpaired) electrons. The minimum atomic E-state index is -0.191. The molecule has 2 N–H and O–H groups in total. The zero-order chi connectivity index (χ0) is 20.5. The highest BCUT2D eigenvalue weighted by atomic mass is 32.1. The maximum Gasteiger partial charge on any atom is 0.260 e. The Hall–Kier alpha value is -2.84. The Bertz CT molecular complexity index is 1130. The highest BCUT2D eigenvalue weighted by Crippen LogP contribution is 2.27. The molecular formula is C21H23N4O3S+. The van der Waals surface area contributed by atoms with Crippen LogP contribution in [0, 0.1) is 6.92 Å². The first-order valence-electron chi connectivity index (χ1n) is 9.65. The molecule has 1 amide bonds. The summed E-state index contributed by atoms with van der Waals surface area (Å²) in [5.41, 5.74) is 1.23. The standard InChI is InChI=1S/C21H22N4O3S/c1-13-17-19(27)22-16(23-20(17)29-18(13)14(2)26)12-24-8-10-25(11-9-24)21(28)15-6-4-3-5-7-15/h3-7H,8-12H2,1-2H3,(H,22,23,27)/p+1. The van der Waals surface area contributed by atoms with Gasteiger partial charge in [0.05, 0.1) is 36.4 Å². The van der Waals surface area contributed by atoms with Crippen LogP contribution in [-0.4, -0.2) is 52.7 Å². The molecule has 0 aliphatic carbocycles. The van der Waals surface area contributed by atoms with E-state index in [0.29, 0.717) is 51.7 Å². The molecule has 0 saturated carbocycles. The van der Waals surface area contributed by atoms with E-state index in [4.69, 9.17) is 0 Å². The third-order valence-corrected chi connectivity index (χ3v) is 6.65. The van der Waals surface area contributed by atoms with E-state index in [0.717, 1.165) is 13.1 Å². The number of Topliss-reactive ketones (excluding diaryl/α,β-unsaturated/α-hetero) is 1. The average molecular weight is 412 g/mol. The number of benzene rings is 1. The highest BCUT2D eigenvalue weighted by molar-refractivity contribution is 7.20. The Balaban J connectivity index is 1.45. The summed E-state index contributed by atoms with van der Waals surface area (Å²) in [7, 11) is 0. The third kappa shape index (κ3) is 3.86. The summed E-state index contributed by atoms with van der Waals surface area (Å²) in [4.78, 5) is 48.7. The van der Waals surface area contributed by atoms with Crippen molar-refractivity contribution in [3.05, 3.63) is 62.5 Å². The fraction of sp³-hybridized carbons (Fsp3) is 0.333. The molecule has 0 spiro atoms. The smallest absolute Gasteiger partial charge is 0.260 e. The van der Waals surface area contributed by atoms with Gasteiger partial charge in [0, 0.05) is 5.56 Å². The second kappa shape index (κ2) is 7.88. The molecule has 0 bridgehead atoms. The Morgan fingerprint density at radius 1 is 1.21 bits per heavy atom. The number of amides is 1. The van der Waals surface area contributed by atoms with Crippen molar-refractivity contribution in [3.63, 3.8) is 0 Å². The number of thiophene rings is 1. The Morgan fingerprint density at radius 2 is 1.90 bits per heavy atom. The first kappa shape index (κ1) is 19.5. The number of ketones is 1. The first-order chi connectivity index (χ1) is 13.9. The van der Waals surface area contributed by atoms with Crippen molar-refractivity contribution in [2.45, 2.75) is 20.4 Å². The topological polar surface area (TPSA) is 87.6 Å². The number of rotatable bonds is 4. The zero-order valence-corrected chi connectivity index (χ0v) is 17.3. The van der Waals surface area contributed by atoms with Crippen LogP contribution in [0.25, 0.3) is 10.2 Å². The molecular weight excluding hydrogens is 388 g/mol. The summed E-state index contributed by atoms with van der Waals surface area (Å²) in [6.07, 6.45) is 0. The van der Waals surface area contributed by atoms with E-state index in [1.165, 1.54) is 23.2 Å². The zero-order valence-electron chi connectivity index (χ0n) is 16.4. The van der Waals surface area contributed by atoms with Crippen LogP contribution in [0.2, 0.25) is 0 Å². The molecule has 1 fully saturated rings. The van der Waals surface area contributed by atoms with Crippen LogP contribution < -0.4 is 10.5 Å². The van der Waals surface area contributed by atoms with E-state index in [1.54, 1.807) is 6.92 Å². The van der Waals surface area contributed by atoms with Crippen molar-refractivity contribution in [2.75, 3.05) is 26.2 Å². The molecule has 1 aliphatic rings. The molecule has 4 rings (SSSR count). The molecule has 3 aromatic rings. The minimum absolute atomic E-state index is 0.0451. The van der Waals surface area contributed by atoms with Gasteiger partial charge in [0.1, 0.15) is 11.4 Å². The lowest BCUT2D eigenvalue weighted by Crippen LogP contribution is -3.13. The summed E-state index contributed by atoms with van der Waals surface area (Å²) < 4.78 is 0. The van der Waals surface area contributed by atoms with Crippen molar-refractivity contribution in [1.29, 1.82) is 0 Å². The van der Waals surface area contributed by atoms with Crippen molar-refractivity contribution in [3.8, 4) is 0 Å². The van der Waals surface area contributed by atoms with Crippen molar-refractivity contribution >= 4 is 33.2 Å². The lowest BCUT2D eigenvalue weighted by Gasteiger charge is -2.32. The van der Waals surface area contributed by atoms with Crippen molar-refractivity contribution < 1.29 is 14.5 Å². The fourth-order valence-corrected chi connectivity index (χ4v) is 4.91. The molecule has 1 aliphatic heterocycles. The number of carbonyl (C=O) groups is 2. The molecule has 1 aromatic carbocycles. The Morgan fingerprint density at radius 3 is 2.55 bits per heavy atom. The SMILES string of the molecule is CC(=O)c1sc2nc(C[NH+]3CCN(C(=O)c4ccccc4)CC3)[nH]c(=O)c2c1C. The Kier molecular flexibility index (Phi) is 5.29. The number of piperazine rings is 1. The number of hydrogen-bond donors (Lipinski definition) is 2. The third-order valence-electron chi connectivity index (χ3n) is 5.37. The highest BCUT2D eigenvalue weighted by Gasteiger charge is 2.25. The molecule has 0 atom stereocenters. The molecule has 8 heteroatoms. The van der Waals surface area contributed by atoms with E-state index in [2.05, 4.69) is 9.97 Å². The number of fused-ring (bicyclic) bond motifs is 1.